The van der Waals surface area contributed by atoms with Gasteiger partial charge in [0.2, 0.25) is 5.89 Å². The SMILES string of the molecule is CNCc1ccc(-c2nnc(-c3nc(-c4ccc(=O)n(C(C)C#N)c4)cnc3N)o2)c(C)c1. The Balaban J connectivity index is 1.71. The first-order valence-electron chi connectivity index (χ1n) is 10.2. The summed E-state index contributed by atoms with van der Waals surface area (Å²) in [6.45, 7) is 4.37. The maximum absolute atomic E-state index is 12.1. The number of hydrogen-bond donors (Lipinski definition) is 2. The first kappa shape index (κ1) is 21.9. The Morgan fingerprint density at radius 1 is 1.24 bits per heavy atom. The Morgan fingerprint density at radius 2 is 2.03 bits per heavy atom. The van der Waals surface area contributed by atoms with Gasteiger partial charge in [-0.3, -0.25) is 9.36 Å². The number of nitriles is 1. The summed E-state index contributed by atoms with van der Waals surface area (Å²) in [7, 11) is 1.89. The predicted molar refractivity (Wildman–Crippen MR) is 123 cm³/mol. The van der Waals surface area contributed by atoms with E-state index < -0.39 is 6.04 Å². The molecule has 10 heteroatoms. The van der Waals surface area contributed by atoms with E-state index in [1.54, 1.807) is 19.2 Å². The van der Waals surface area contributed by atoms with Crippen molar-refractivity contribution in [2.75, 3.05) is 12.8 Å². The molecule has 3 N–H and O–H groups in total. The fraction of sp³-hybridized carbons (Fsp3) is 0.217. The molecule has 1 atom stereocenters. The van der Waals surface area contributed by atoms with Crippen LogP contribution in [-0.4, -0.2) is 31.8 Å². The van der Waals surface area contributed by atoms with Crippen molar-refractivity contribution in [3.05, 3.63) is 64.2 Å². The fourth-order valence-electron chi connectivity index (χ4n) is 3.42. The molecular weight excluding hydrogens is 420 g/mol. The van der Waals surface area contributed by atoms with Crippen LogP contribution in [0.3, 0.4) is 0 Å². The highest BCUT2D eigenvalue weighted by atomic mass is 16.4. The molecule has 3 heterocycles. The van der Waals surface area contributed by atoms with Crippen LogP contribution in [0.2, 0.25) is 0 Å². The van der Waals surface area contributed by atoms with Gasteiger partial charge in [0, 0.05) is 29.9 Å². The number of nitrogen functional groups attached to an aromatic ring is 1. The molecule has 1 aromatic carbocycles. The monoisotopic (exact) mass is 442 g/mol. The first-order valence-corrected chi connectivity index (χ1v) is 10.2. The van der Waals surface area contributed by atoms with E-state index in [0.717, 1.165) is 23.2 Å². The van der Waals surface area contributed by atoms with Gasteiger partial charge in [0.15, 0.2) is 11.5 Å². The topological polar surface area (TPSA) is 149 Å². The maximum Gasteiger partial charge on any atom is 0.270 e. The van der Waals surface area contributed by atoms with E-state index >= 15 is 0 Å². The quantitative estimate of drug-likeness (QED) is 0.459. The molecule has 0 spiro atoms. The number of pyridine rings is 1. The molecule has 0 amide bonds. The lowest BCUT2D eigenvalue weighted by Gasteiger charge is -2.10. The van der Waals surface area contributed by atoms with Crippen LogP contribution in [0, 0.1) is 18.3 Å². The third kappa shape index (κ3) is 4.35. The maximum atomic E-state index is 12.1. The molecule has 0 aliphatic carbocycles. The Morgan fingerprint density at radius 3 is 2.76 bits per heavy atom. The number of benzene rings is 1. The zero-order chi connectivity index (χ0) is 23.5. The number of rotatable bonds is 6. The molecule has 10 nitrogen and oxygen atoms in total. The summed E-state index contributed by atoms with van der Waals surface area (Å²) in [6.07, 6.45) is 3.05. The van der Waals surface area contributed by atoms with Crippen LogP contribution >= 0.6 is 0 Å². The molecule has 0 saturated carbocycles. The average molecular weight is 442 g/mol. The number of aromatic nitrogens is 5. The van der Waals surface area contributed by atoms with Gasteiger partial charge in [-0.25, -0.2) is 9.97 Å². The summed E-state index contributed by atoms with van der Waals surface area (Å²) in [5.41, 5.74) is 10.0. The highest BCUT2D eigenvalue weighted by Gasteiger charge is 2.18. The minimum Gasteiger partial charge on any atom is -0.414 e. The van der Waals surface area contributed by atoms with Crippen LogP contribution in [0.4, 0.5) is 5.82 Å². The van der Waals surface area contributed by atoms with Crippen LogP contribution in [0.25, 0.3) is 34.3 Å². The molecule has 4 aromatic rings. The van der Waals surface area contributed by atoms with Crippen molar-refractivity contribution in [3.63, 3.8) is 0 Å². The lowest BCUT2D eigenvalue weighted by molar-refractivity contribution is 0.581. The second kappa shape index (κ2) is 9.02. The van der Waals surface area contributed by atoms with Gasteiger partial charge in [-0.05, 0) is 44.2 Å². The second-order valence-corrected chi connectivity index (χ2v) is 7.55. The normalized spacial score (nSPS) is 11.8. The molecule has 33 heavy (non-hydrogen) atoms. The van der Waals surface area contributed by atoms with Gasteiger partial charge >= 0.3 is 0 Å². The molecule has 0 bridgehead atoms. The zero-order valence-corrected chi connectivity index (χ0v) is 18.4. The van der Waals surface area contributed by atoms with E-state index in [9.17, 15) is 10.1 Å². The molecular formula is C23H22N8O2. The molecule has 3 aromatic heterocycles. The number of aryl methyl sites for hydroxylation is 1. The highest BCUT2D eigenvalue weighted by Crippen LogP contribution is 2.29. The van der Waals surface area contributed by atoms with Gasteiger partial charge in [-0.1, -0.05) is 12.1 Å². The lowest BCUT2D eigenvalue weighted by atomic mass is 10.1. The summed E-state index contributed by atoms with van der Waals surface area (Å²) < 4.78 is 7.22. The van der Waals surface area contributed by atoms with Crippen LogP contribution in [0.15, 0.2) is 51.9 Å². The van der Waals surface area contributed by atoms with E-state index in [0.29, 0.717) is 17.1 Å². The van der Waals surface area contributed by atoms with Gasteiger partial charge in [0.05, 0.1) is 18.0 Å². The molecule has 0 fully saturated rings. The predicted octanol–water partition coefficient (Wildman–Crippen LogP) is 2.72. The molecule has 0 aliphatic heterocycles. The standard InChI is InChI=1S/C23H22N8O2/c1-13-8-15(10-26-3)4-6-17(13)22-29-30-23(33-22)20-21(25)27-11-18(28-20)16-5-7-19(32)31(12-16)14(2)9-24/h4-8,11-12,14,26H,10H2,1-3H3,(H2,25,27). The summed E-state index contributed by atoms with van der Waals surface area (Å²) in [6, 6.07) is 10.4. The lowest BCUT2D eigenvalue weighted by Crippen LogP contribution is -2.21. The number of nitrogens with two attached hydrogens (primary N) is 1. The van der Waals surface area contributed by atoms with Crippen molar-refractivity contribution in [1.29, 1.82) is 5.26 Å². The van der Waals surface area contributed by atoms with Crippen LogP contribution < -0.4 is 16.6 Å². The van der Waals surface area contributed by atoms with E-state index in [1.165, 1.54) is 16.8 Å². The summed E-state index contributed by atoms with van der Waals surface area (Å²) >= 11 is 0. The van der Waals surface area contributed by atoms with Crippen LogP contribution in [0.5, 0.6) is 0 Å². The Kier molecular flexibility index (Phi) is 5.97. The summed E-state index contributed by atoms with van der Waals surface area (Å²) in [4.78, 5) is 20.8. The average Bonchev–Trinajstić information content (AvgIpc) is 3.29. The van der Waals surface area contributed by atoms with Crippen LogP contribution in [-0.2, 0) is 6.54 Å². The summed E-state index contributed by atoms with van der Waals surface area (Å²) in [5.74, 6) is 0.615. The van der Waals surface area contributed by atoms with E-state index in [1.807, 2.05) is 26.1 Å². The number of nitrogens with zero attached hydrogens (tertiary/aromatic N) is 6. The minimum atomic E-state index is -0.625. The largest absolute Gasteiger partial charge is 0.414 e. The number of anilines is 1. The second-order valence-electron chi connectivity index (χ2n) is 7.55. The van der Waals surface area contributed by atoms with Gasteiger partial charge < -0.3 is 15.5 Å². The fourth-order valence-corrected chi connectivity index (χ4v) is 3.42. The third-order valence-corrected chi connectivity index (χ3v) is 5.17. The van der Waals surface area contributed by atoms with Crippen molar-refractivity contribution >= 4 is 5.82 Å². The smallest absolute Gasteiger partial charge is 0.270 e. The Hall–Kier alpha value is -4.36. The van der Waals surface area contributed by atoms with Crippen molar-refractivity contribution in [2.24, 2.45) is 0 Å². The number of hydrogen-bond acceptors (Lipinski definition) is 9. The molecule has 166 valence electrons. The third-order valence-electron chi connectivity index (χ3n) is 5.17. The number of nitrogens with one attached hydrogen (secondary N) is 1. The molecule has 0 saturated heterocycles. The van der Waals surface area contributed by atoms with Gasteiger partial charge in [-0.2, -0.15) is 5.26 Å². The van der Waals surface area contributed by atoms with Gasteiger partial charge in [0.25, 0.3) is 11.4 Å². The highest BCUT2D eigenvalue weighted by molar-refractivity contribution is 5.69. The van der Waals surface area contributed by atoms with Gasteiger partial charge in [0.1, 0.15) is 6.04 Å². The zero-order valence-electron chi connectivity index (χ0n) is 18.4. The molecule has 4 rings (SSSR count). The van der Waals surface area contributed by atoms with Crippen molar-refractivity contribution in [3.8, 4) is 40.4 Å². The molecule has 1 unspecified atom stereocenters. The van der Waals surface area contributed by atoms with E-state index in [4.69, 9.17) is 10.2 Å². The Bertz CT molecular complexity index is 1420. The van der Waals surface area contributed by atoms with Crippen molar-refractivity contribution in [2.45, 2.75) is 26.4 Å². The minimum absolute atomic E-state index is 0.133. The van der Waals surface area contributed by atoms with Crippen molar-refractivity contribution < 1.29 is 4.42 Å². The van der Waals surface area contributed by atoms with Crippen LogP contribution in [0.1, 0.15) is 24.1 Å². The van der Waals surface area contributed by atoms with Gasteiger partial charge in [-0.15, -0.1) is 10.2 Å². The van der Waals surface area contributed by atoms with E-state index in [2.05, 4.69) is 37.6 Å². The van der Waals surface area contributed by atoms with Crippen molar-refractivity contribution in [1.82, 2.24) is 30.0 Å². The first-order chi connectivity index (χ1) is 15.9. The van der Waals surface area contributed by atoms with E-state index in [-0.39, 0.29) is 23.0 Å². The molecule has 0 aliphatic rings. The summed E-state index contributed by atoms with van der Waals surface area (Å²) in [5, 5.41) is 20.6. The Labute approximate surface area is 189 Å². The molecule has 0 radical (unpaired) electrons.